The van der Waals surface area contributed by atoms with E-state index in [-0.39, 0.29) is 24.7 Å². The maximum atomic E-state index is 12.4. The Balaban J connectivity index is 2.30. The van der Waals surface area contributed by atoms with Crippen LogP contribution in [0.25, 0.3) is 0 Å². The Morgan fingerprint density at radius 1 is 1.37 bits per heavy atom. The summed E-state index contributed by atoms with van der Waals surface area (Å²) in [6, 6.07) is 6.46. The van der Waals surface area contributed by atoms with E-state index in [9.17, 15) is 8.42 Å². The van der Waals surface area contributed by atoms with Gasteiger partial charge in [0, 0.05) is 25.6 Å². The summed E-state index contributed by atoms with van der Waals surface area (Å²) in [7, 11) is -3.60. The number of nitrogens with zero attached hydrogens (tertiary/aromatic N) is 2. The first kappa shape index (κ1) is 13.6. The minimum Gasteiger partial charge on any atom is -0.454 e. The van der Waals surface area contributed by atoms with E-state index in [4.69, 9.17) is 14.7 Å². The molecule has 1 aromatic rings. The molecule has 1 aliphatic heterocycles. The van der Waals surface area contributed by atoms with Crippen molar-refractivity contribution in [1.82, 2.24) is 4.31 Å². The molecule has 0 amide bonds. The van der Waals surface area contributed by atoms with Crippen LogP contribution in [0.3, 0.4) is 0 Å². The van der Waals surface area contributed by atoms with Gasteiger partial charge in [-0.15, -0.1) is 0 Å². The van der Waals surface area contributed by atoms with Crippen LogP contribution in [-0.2, 0) is 10.0 Å². The number of sulfonamides is 1. The fourth-order valence-corrected chi connectivity index (χ4v) is 3.28. The molecular weight excluding hydrogens is 268 g/mol. The molecule has 0 saturated heterocycles. The second-order valence-electron chi connectivity index (χ2n) is 3.92. The number of hydrogen-bond acceptors (Lipinski definition) is 5. The summed E-state index contributed by atoms with van der Waals surface area (Å²) in [5.74, 6) is 0.969. The van der Waals surface area contributed by atoms with E-state index in [0.29, 0.717) is 18.0 Å². The van der Waals surface area contributed by atoms with Crippen molar-refractivity contribution in [3.63, 3.8) is 0 Å². The third kappa shape index (κ3) is 2.64. The summed E-state index contributed by atoms with van der Waals surface area (Å²) in [6.07, 6.45) is 0.164. The third-order valence-electron chi connectivity index (χ3n) is 2.81. The first-order valence-electron chi connectivity index (χ1n) is 5.86. The van der Waals surface area contributed by atoms with E-state index in [1.807, 2.05) is 6.07 Å². The Labute approximate surface area is 112 Å². The second kappa shape index (κ2) is 5.47. The molecule has 1 heterocycles. The van der Waals surface area contributed by atoms with Crippen LogP contribution in [-0.4, -0.2) is 32.6 Å². The van der Waals surface area contributed by atoms with Crippen LogP contribution in [0.5, 0.6) is 11.5 Å². The van der Waals surface area contributed by atoms with Gasteiger partial charge in [0.25, 0.3) is 0 Å². The average molecular weight is 282 g/mol. The second-order valence-corrected chi connectivity index (χ2v) is 5.86. The third-order valence-corrected chi connectivity index (χ3v) is 4.78. The molecule has 7 heteroatoms. The van der Waals surface area contributed by atoms with E-state index in [0.717, 1.165) is 0 Å². The molecule has 0 unspecified atom stereocenters. The molecule has 2 rings (SSSR count). The maximum Gasteiger partial charge on any atom is 0.243 e. The quantitative estimate of drug-likeness (QED) is 0.814. The maximum absolute atomic E-state index is 12.4. The normalized spacial score (nSPS) is 13.5. The van der Waals surface area contributed by atoms with Gasteiger partial charge in [0.05, 0.1) is 11.0 Å². The van der Waals surface area contributed by atoms with Gasteiger partial charge in [0.15, 0.2) is 11.5 Å². The highest BCUT2D eigenvalue weighted by Gasteiger charge is 2.25. The van der Waals surface area contributed by atoms with E-state index in [1.54, 1.807) is 13.0 Å². The molecule has 6 nitrogen and oxygen atoms in total. The number of nitriles is 1. The van der Waals surface area contributed by atoms with Crippen molar-refractivity contribution in [2.45, 2.75) is 18.2 Å². The topological polar surface area (TPSA) is 79.6 Å². The van der Waals surface area contributed by atoms with E-state index < -0.39 is 10.0 Å². The van der Waals surface area contributed by atoms with Gasteiger partial charge >= 0.3 is 0 Å². The number of hydrogen-bond donors (Lipinski definition) is 0. The van der Waals surface area contributed by atoms with Crippen molar-refractivity contribution >= 4 is 10.0 Å². The largest absolute Gasteiger partial charge is 0.454 e. The lowest BCUT2D eigenvalue weighted by Crippen LogP contribution is -2.31. The molecule has 1 aromatic carbocycles. The molecule has 0 radical (unpaired) electrons. The Kier molecular flexibility index (Phi) is 3.93. The fraction of sp³-hybridized carbons (Fsp3) is 0.417. The smallest absolute Gasteiger partial charge is 0.243 e. The molecule has 0 bridgehead atoms. The molecule has 0 fully saturated rings. The molecule has 0 spiro atoms. The van der Waals surface area contributed by atoms with Crippen LogP contribution in [0.1, 0.15) is 13.3 Å². The molecule has 0 aromatic heterocycles. The zero-order valence-electron chi connectivity index (χ0n) is 10.5. The zero-order valence-corrected chi connectivity index (χ0v) is 11.3. The average Bonchev–Trinajstić information content (AvgIpc) is 2.86. The highest BCUT2D eigenvalue weighted by molar-refractivity contribution is 7.89. The number of rotatable bonds is 5. The monoisotopic (exact) mass is 282 g/mol. The molecular formula is C12H14N2O4S. The van der Waals surface area contributed by atoms with Crippen molar-refractivity contribution in [3.8, 4) is 17.6 Å². The summed E-state index contributed by atoms with van der Waals surface area (Å²) in [5.41, 5.74) is 0. The van der Waals surface area contributed by atoms with Crippen LogP contribution < -0.4 is 9.47 Å². The lowest BCUT2D eigenvalue weighted by atomic mass is 10.3. The van der Waals surface area contributed by atoms with Crippen molar-refractivity contribution in [2.24, 2.45) is 0 Å². The molecule has 102 valence electrons. The zero-order chi connectivity index (χ0) is 13.9. The molecule has 0 atom stereocenters. The predicted molar refractivity (Wildman–Crippen MR) is 67.2 cm³/mol. The van der Waals surface area contributed by atoms with Gasteiger partial charge < -0.3 is 9.47 Å². The van der Waals surface area contributed by atoms with Crippen molar-refractivity contribution in [3.05, 3.63) is 18.2 Å². The van der Waals surface area contributed by atoms with Crippen molar-refractivity contribution < 1.29 is 17.9 Å². The Bertz CT molecular complexity index is 607. The van der Waals surface area contributed by atoms with Crippen molar-refractivity contribution in [2.75, 3.05) is 19.9 Å². The summed E-state index contributed by atoms with van der Waals surface area (Å²) in [6.45, 7) is 2.34. The van der Waals surface area contributed by atoms with Crippen molar-refractivity contribution in [1.29, 1.82) is 5.26 Å². The standard InChI is InChI=1S/C12H14N2O4S/c1-2-14(7-3-6-13)19(15,16)10-4-5-11-12(8-10)18-9-17-11/h4-5,8H,2-3,7,9H2,1H3. The van der Waals surface area contributed by atoms with Gasteiger partial charge in [0.1, 0.15) is 0 Å². The number of fused-ring (bicyclic) bond motifs is 1. The fourth-order valence-electron chi connectivity index (χ4n) is 1.81. The number of ether oxygens (including phenoxy) is 2. The molecule has 19 heavy (non-hydrogen) atoms. The van der Waals surface area contributed by atoms with Gasteiger partial charge in [-0.25, -0.2) is 8.42 Å². The molecule has 1 aliphatic rings. The van der Waals surface area contributed by atoms with Crippen LogP contribution in [0.15, 0.2) is 23.1 Å². The first-order chi connectivity index (χ1) is 9.09. The molecule has 0 aliphatic carbocycles. The van der Waals surface area contributed by atoms with E-state index in [1.165, 1.54) is 16.4 Å². The lowest BCUT2D eigenvalue weighted by molar-refractivity contribution is 0.174. The van der Waals surface area contributed by atoms with Gasteiger partial charge in [-0.3, -0.25) is 0 Å². The SMILES string of the molecule is CCN(CCC#N)S(=O)(=O)c1ccc2c(c1)OCO2. The highest BCUT2D eigenvalue weighted by atomic mass is 32.2. The van der Waals surface area contributed by atoms with Gasteiger partial charge in [-0.1, -0.05) is 6.92 Å². The Morgan fingerprint density at radius 3 is 2.79 bits per heavy atom. The summed E-state index contributed by atoms with van der Waals surface area (Å²) in [5, 5.41) is 8.57. The van der Waals surface area contributed by atoms with E-state index in [2.05, 4.69) is 0 Å². The van der Waals surface area contributed by atoms with Gasteiger partial charge in [-0.05, 0) is 12.1 Å². The van der Waals surface area contributed by atoms with Crippen LogP contribution in [0, 0.1) is 11.3 Å². The van der Waals surface area contributed by atoms with Crippen LogP contribution in [0.4, 0.5) is 0 Å². The summed E-state index contributed by atoms with van der Waals surface area (Å²) in [4.78, 5) is 0.150. The van der Waals surface area contributed by atoms with E-state index >= 15 is 0 Å². The predicted octanol–water partition coefficient (Wildman–Crippen LogP) is 1.34. The van der Waals surface area contributed by atoms with Crippen LogP contribution >= 0.6 is 0 Å². The Hall–Kier alpha value is -1.78. The number of benzene rings is 1. The van der Waals surface area contributed by atoms with Crippen LogP contribution in [0.2, 0.25) is 0 Å². The van der Waals surface area contributed by atoms with Gasteiger partial charge in [0.2, 0.25) is 16.8 Å². The first-order valence-corrected chi connectivity index (χ1v) is 7.30. The Morgan fingerprint density at radius 2 is 2.11 bits per heavy atom. The lowest BCUT2D eigenvalue weighted by Gasteiger charge is -2.19. The van der Waals surface area contributed by atoms with Gasteiger partial charge in [-0.2, -0.15) is 9.57 Å². The summed E-state index contributed by atoms with van der Waals surface area (Å²) < 4.78 is 36.4. The molecule has 0 N–H and O–H groups in total. The highest BCUT2D eigenvalue weighted by Crippen LogP contribution is 2.34. The minimum atomic E-state index is -3.60. The molecule has 0 saturated carbocycles. The summed E-state index contributed by atoms with van der Waals surface area (Å²) >= 11 is 0. The minimum absolute atomic E-state index is 0.102.